The van der Waals surface area contributed by atoms with Crippen molar-refractivity contribution in [2.24, 2.45) is 0 Å². The minimum absolute atomic E-state index is 0.00590. The van der Waals surface area contributed by atoms with Crippen molar-refractivity contribution in [2.75, 3.05) is 0 Å². The van der Waals surface area contributed by atoms with Crippen LogP contribution < -0.4 is 0 Å². The molecule has 0 spiro atoms. The molecular weight excluding hydrogens is 264 g/mol. The molecule has 0 radical (unpaired) electrons. The summed E-state index contributed by atoms with van der Waals surface area (Å²) in [6, 6.07) is 16.4. The molecule has 0 aliphatic carbocycles. The van der Waals surface area contributed by atoms with Crippen LogP contribution in [0.1, 0.15) is 28.9 Å². The molecule has 3 rings (SSSR count). The normalized spacial score (nSPS) is 24.1. The van der Waals surface area contributed by atoms with Gasteiger partial charge in [-0.1, -0.05) is 42.5 Å². The van der Waals surface area contributed by atoms with Gasteiger partial charge in [0.05, 0.1) is 5.56 Å². The van der Waals surface area contributed by atoms with Crippen molar-refractivity contribution in [3.8, 4) is 5.75 Å². The minimum atomic E-state index is -0.457. The highest BCUT2D eigenvalue weighted by Crippen LogP contribution is 2.50. The van der Waals surface area contributed by atoms with Crippen LogP contribution in [0.5, 0.6) is 5.75 Å². The van der Waals surface area contributed by atoms with Gasteiger partial charge in [0, 0.05) is 0 Å². The molecule has 2 atom stereocenters. The lowest BCUT2D eigenvalue weighted by Crippen LogP contribution is -2.03. The van der Waals surface area contributed by atoms with E-state index < -0.39 is 5.60 Å². The number of benzene rings is 2. The number of allylic oxidation sites excluding steroid dienone is 1. The second-order valence-electron chi connectivity index (χ2n) is 5.31. The third-order valence-electron chi connectivity index (χ3n) is 3.67. The Morgan fingerprint density at radius 1 is 1.14 bits per heavy atom. The summed E-state index contributed by atoms with van der Waals surface area (Å²) in [5.41, 5.74) is 0.940. The lowest BCUT2D eigenvalue weighted by Gasteiger charge is -2.01. The van der Waals surface area contributed by atoms with Gasteiger partial charge in [-0.15, -0.1) is 0 Å². The van der Waals surface area contributed by atoms with Gasteiger partial charge in [0.25, 0.3) is 0 Å². The van der Waals surface area contributed by atoms with Gasteiger partial charge in [-0.25, -0.2) is 0 Å². The summed E-state index contributed by atoms with van der Waals surface area (Å²) in [4.78, 5) is 12.1. The number of carbonyl (C=O) groups is 1. The van der Waals surface area contributed by atoms with Gasteiger partial charge in [0.1, 0.15) is 17.5 Å². The highest BCUT2D eigenvalue weighted by Gasteiger charge is 2.51. The molecule has 106 valence electrons. The Bertz CT molecular complexity index is 691. The van der Waals surface area contributed by atoms with E-state index >= 15 is 0 Å². The van der Waals surface area contributed by atoms with Crippen molar-refractivity contribution >= 4 is 5.78 Å². The Balaban J connectivity index is 1.73. The predicted octanol–water partition coefficient (Wildman–Crippen LogP) is 3.66. The van der Waals surface area contributed by atoms with Crippen LogP contribution in [0.2, 0.25) is 0 Å². The van der Waals surface area contributed by atoms with Crippen LogP contribution in [0.25, 0.3) is 0 Å². The largest absolute Gasteiger partial charge is 0.507 e. The van der Waals surface area contributed by atoms with Crippen LogP contribution >= 0.6 is 0 Å². The smallest absolute Gasteiger partial charge is 0.189 e. The van der Waals surface area contributed by atoms with E-state index in [0.717, 1.165) is 5.56 Å². The fourth-order valence-electron chi connectivity index (χ4n) is 2.39. The first-order chi connectivity index (χ1) is 10.1. The maximum absolute atomic E-state index is 12.1. The number of rotatable bonds is 4. The highest BCUT2D eigenvalue weighted by molar-refractivity contribution is 6.06. The number of carbonyl (C=O) groups excluding carboxylic acids is 1. The summed E-state index contributed by atoms with van der Waals surface area (Å²) in [6.07, 6.45) is 3.21. The maximum Gasteiger partial charge on any atom is 0.189 e. The van der Waals surface area contributed by atoms with E-state index in [2.05, 4.69) is 0 Å². The van der Waals surface area contributed by atoms with E-state index in [0.29, 0.717) is 5.56 Å². The fourth-order valence-corrected chi connectivity index (χ4v) is 2.39. The van der Waals surface area contributed by atoms with Crippen molar-refractivity contribution in [3.63, 3.8) is 0 Å². The quantitative estimate of drug-likeness (QED) is 0.528. The summed E-state index contributed by atoms with van der Waals surface area (Å²) in [6.45, 7) is 1.94. The van der Waals surface area contributed by atoms with E-state index in [9.17, 15) is 9.90 Å². The number of hydrogen-bond acceptors (Lipinski definition) is 3. The van der Waals surface area contributed by atoms with Crippen molar-refractivity contribution in [3.05, 3.63) is 77.9 Å². The van der Waals surface area contributed by atoms with Crippen molar-refractivity contribution < 1.29 is 14.6 Å². The molecule has 1 aliphatic rings. The molecule has 1 saturated heterocycles. The van der Waals surface area contributed by atoms with Gasteiger partial charge in [0.2, 0.25) is 0 Å². The Labute approximate surface area is 123 Å². The molecule has 0 bridgehead atoms. The number of phenolic OH excluding ortho intramolecular Hbond substituents is 1. The van der Waals surface area contributed by atoms with Crippen LogP contribution in [0.15, 0.2) is 66.7 Å². The molecule has 0 unspecified atom stereocenters. The SMILES string of the molecule is C[C@]1(/C=C/C(=O)c2ccccc2O)O[C@@H]1c1ccccc1. The highest BCUT2D eigenvalue weighted by atomic mass is 16.6. The fraction of sp³-hybridized carbons (Fsp3) is 0.167. The summed E-state index contributed by atoms with van der Waals surface area (Å²) in [5.74, 6) is -0.231. The van der Waals surface area contributed by atoms with Crippen LogP contribution in [0.4, 0.5) is 0 Å². The molecule has 21 heavy (non-hydrogen) atoms. The molecule has 0 amide bonds. The Morgan fingerprint density at radius 2 is 1.81 bits per heavy atom. The standard InChI is InChI=1S/C18H16O3/c1-18(17(21-18)13-7-3-2-4-8-13)12-11-16(20)14-9-5-6-10-15(14)19/h2-12,17,19H,1H3/b12-11+/t17-,18-/m1/s1. The lowest BCUT2D eigenvalue weighted by molar-refractivity contribution is 0.104. The summed E-state index contributed by atoms with van der Waals surface area (Å²) in [5, 5.41) is 9.67. The van der Waals surface area contributed by atoms with E-state index in [1.165, 1.54) is 12.1 Å². The average molecular weight is 280 g/mol. The second-order valence-corrected chi connectivity index (χ2v) is 5.31. The Morgan fingerprint density at radius 3 is 2.52 bits per heavy atom. The molecule has 0 saturated carbocycles. The van der Waals surface area contributed by atoms with Crippen LogP contribution in [-0.4, -0.2) is 16.5 Å². The van der Waals surface area contributed by atoms with Crippen LogP contribution in [0.3, 0.4) is 0 Å². The zero-order valence-electron chi connectivity index (χ0n) is 11.7. The Hall–Kier alpha value is -2.39. The predicted molar refractivity (Wildman–Crippen MR) is 80.3 cm³/mol. The molecular formula is C18H16O3. The number of epoxide rings is 1. The number of para-hydroxylation sites is 1. The number of aromatic hydroxyl groups is 1. The Kier molecular flexibility index (Phi) is 3.35. The zero-order valence-corrected chi connectivity index (χ0v) is 11.7. The monoisotopic (exact) mass is 280 g/mol. The minimum Gasteiger partial charge on any atom is -0.507 e. The third-order valence-corrected chi connectivity index (χ3v) is 3.67. The third kappa shape index (κ3) is 2.73. The number of phenols is 1. The van der Waals surface area contributed by atoms with E-state index in [4.69, 9.17) is 4.74 Å². The van der Waals surface area contributed by atoms with Crippen molar-refractivity contribution in [1.29, 1.82) is 0 Å². The van der Waals surface area contributed by atoms with Gasteiger partial charge in [-0.3, -0.25) is 4.79 Å². The van der Waals surface area contributed by atoms with Crippen molar-refractivity contribution in [2.45, 2.75) is 18.6 Å². The number of ketones is 1. The van der Waals surface area contributed by atoms with Gasteiger partial charge in [-0.05, 0) is 36.8 Å². The number of hydrogen-bond donors (Lipinski definition) is 1. The average Bonchev–Trinajstić information content (AvgIpc) is 3.19. The van der Waals surface area contributed by atoms with Gasteiger partial charge >= 0.3 is 0 Å². The molecule has 3 nitrogen and oxygen atoms in total. The van der Waals surface area contributed by atoms with Crippen molar-refractivity contribution in [1.82, 2.24) is 0 Å². The van der Waals surface area contributed by atoms with Gasteiger partial charge in [0.15, 0.2) is 5.78 Å². The zero-order chi connectivity index (χ0) is 14.9. The molecule has 2 aromatic carbocycles. The van der Waals surface area contributed by atoms with Gasteiger partial charge < -0.3 is 9.84 Å². The molecule has 0 aromatic heterocycles. The summed E-state index contributed by atoms with van der Waals surface area (Å²) >= 11 is 0. The molecule has 1 fully saturated rings. The van der Waals surface area contributed by atoms with E-state index in [1.807, 2.05) is 37.3 Å². The summed E-state index contributed by atoms with van der Waals surface area (Å²) < 4.78 is 5.71. The molecule has 1 heterocycles. The van der Waals surface area contributed by atoms with Crippen LogP contribution in [0, 0.1) is 0 Å². The summed E-state index contributed by atoms with van der Waals surface area (Å²) in [7, 11) is 0. The molecule has 1 aliphatic heterocycles. The number of ether oxygens (including phenoxy) is 1. The maximum atomic E-state index is 12.1. The first kappa shape index (κ1) is 13.6. The molecule has 3 heteroatoms. The molecule has 2 aromatic rings. The van der Waals surface area contributed by atoms with Crippen LogP contribution in [-0.2, 0) is 4.74 Å². The second kappa shape index (κ2) is 5.19. The topological polar surface area (TPSA) is 49.8 Å². The first-order valence-corrected chi connectivity index (χ1v) is 6.84. The lowest BCUT2D eigenvalue weighted by atomic mass is 9.99. The van der Waals surface area contributed by atoms with E-state index in [-0.39, 0.29) is 17.6 Å². The van der Waals surface area contributed by atoms with E-state index in [1.54, 1.807) is 24.3 Å². The first-order valence-electron chi connectivity index (χ1n) is 6.84. The van der Waals surface area contributed by atoms with Gasteiger partial charge in [-0.2, -0.15) is 0 Å². The molecule has 1 N–H and O–H groups in total.